The second-order valence-corrected chi connectivity index (χ2v) is 7.00. The third-order valence-corrected chi connectivity index (χ3v) is 4.89. The van der Waals surface area contributed by atoms with Crippen molar-refractivity contribution in [1.82, 2.24) is 4.90 Å². The number of likely N-dealkylation sites (tertiary alicyclic amines) is 1. The van der Waals surface area contributed by atoms with E-state index in [1.807, 2.05) is 11.8 Å². The highest BCUT2D eigenvalue weighted by Crippen LogP contribution is 2.29. The Morgan fingerprint density at radius 1 is 1.20 bits per heavy atom. The van der Waals surface area contributed by atoms with Gasteiger partial charge >= 0.3 is 0 Å². The predicted molar refractivity (Wildman–Crippen MR) is 71.6 cm³/mol. The molecule has 15 heavy (non-hydrogen) atoms. The molecule has 2 atom stereocenters. The standard InChI is InChI=1S/C13H27NS/c1-11(15-5)12-7-6-9-14(10-8-12)13(2,3)4/h11-12H,6-10H2,1-5H3. The minimum Gasteiger partial charge on any atom is -0.298 e. The highest BCUT2D eigenvalue weighted by atomic mass is 32.2. The number of nitrogens with zero attached hydrogens (tertiary/aromatic N) is 1. The first-order valence-electron chi connectivity index (χ1n) is 6.23. The van der Waals surface area contributed by atoms with Crippen molar-refractivity contribution in [2.75, 3.05) is 19.3 Å². The molecule has 0 aromatic carbocycles. The lowest BCUT2D eigenvalue weighted by atomic mass is 9.97. The van der Waals surface area contributed by atoms with Crippen LogP contribution >= 0.6 is 11.8 Å². The van der Waals surface area contributed by atoms with Gasteiger partial charge in [0.05, 0.1) is 0 Å². The number of thioether (sulfide) groups is 1. The summed E-state index contributed by atoms with van der Waals surface area (Å²) in [5.41, 5.74) is 0.359. The van der Waals surface area contributed by atoms with Gasteiger partial charge in [0.25, 0.3) is 0 Å². The van der Waals surface area contributed by atoms with Gasteiger partial charge in [-0.05, 0) is 65.3 Å². The molecular formula is C13H27NS. The Kier molecular flexibility index (Phi) is 4.98. The van der Waals surface area contributed by atoms with Crippen molar-refractivity contribution < 1.29 is 0 Å². The molecule has 0 aliphatic carbocycles. The van der Waals surface area contributed by atoms with Crippen molar-refractivity contribution in [2.24, 2.45) is 5.92 Å². The summed E-state index contributed by atoms with van der Waals surface area (Å²) in [5, 5.41) is 0.838. The summed E-state index contributed by atoms with van der Waals surface area (Å²) in [6.45, 7) is 12.0. The molecule has 1 aliphatic heterocycles. The van der Waals surface area contributed by atoms with E-state index >= 15 is 0 Å². The van der Waals surface area contributed by atoms with E-state index in [2.05, 4.69) is 38.9 Å². The summed E-state index contributed by atoms with van der Waals surface area (Å²) in [5.74, 6) is 0.937. The van der Waals surface area contributed by atoms with Crippen LogP contribution in [0.5, 0.6) is 0 Å². The average molecular weight is 229 g/mol. The Bertz CT molecular complexity index is 185. The quantitative estimate of drug-likeness (QED) is 0.711. The number of hydrogen-bond acceptors (Lipinski definition) is 2. The zero-order chi connectivity index (χ0) is 11.5. The maximum Gasteiger partial charge on any atom is 0.0125 e. The summed E-state index contributed by atoms with van der Waals surface area (Å²) in [6.07, 6.45) is 6.44. The Morgan fingerprint density at radius 3 is 2.40 bits per heavy atom. The Balaban J connectivity index is 2.49. The van der Waals surface area contributed by atoms with Crippen molar-refractivity contribution in [1.29, 1.82) is 0 Å². The fourth-order valence-corrected chi connectivity index (χ4v) is 3.11. The van der Waals surface area contributed by atoms with Gasteiger partial charge in [-0.1, -0.05) is 6.92 Å². The summed E-state index contributed by atoms with van der Waals surface area (Å²) in [4.78, 5) is 2.65. The van der Waals surface area contributed by atoms with E-state index in [4.69, 9.17) is 0 Å². The molecule has 90 valence electrons. The van der Waals surface area contributed by atoms with Crippen LogP contribution in [0.1, 0.15) is 47.0 Å². The molecule has 0 saturated carbocycles. The van der Waals surface area contributed by atoms with Crippen LogP contribution in [0.25, 0.3) is 0 Å². The minimum absolute atomic E-state index is 0.359. The summed E-state index contributed by atoms with van der Waals surface area (Å²) >= 11 is 2.03. The molecule has 1 rings (SSSR count). The smallest absolute Gasteiger partial charge is 0.0125 e. The lowest BCUT2D eigenvalue weighted by molar-refractivity contribution is 0.141. The molecule has 0 bridgehead atoms. The highest BCUT2D eigenvalue weighted by Gasteiger charge is 2.26. The van der Waals surface area contributed by atoms with Crippen LogP contribution in [0.4, 0.5) is 0 Å². The molecule has 1 fully saturated rings. The third kappa shape index (κ3) is 3.99. The molecule has 1 saturated heterocycles. The second kappa shape index (κ2) is 5.58. The van der Waals surface area contributed by atoms with Crippen molar-refractivity contribution in [3.63, 3.8) is 0 Å². The van der Waals surface area contributed by atoms with Crippen LogP contribution in [0.15, 0.2) is 0 Å². The Labute approximate surface area is 100.0 Å². The first kappa shape index (κ1) is 13.4. The Morgan fingerprint density at radius 2 is 1.87 bits per heavy atom. The predicted octanol–water partition coefficient (Wildman–Crippen LogP) is 3.64. The monoisotopic (exact) mass is 229 g/mol. The van der Waals surface area contributed by atoms with Gasteiger partial charge in [-0.2, -0.15) is 11.8 Å². The molecule has 0 aromatic rings. The van der Waals surface area contributed by atoms with Crippen molar-refractivity contribution in [3.8, 4) is 0 Å². The van der Waals surface area contributed by atoms with Gasteiger partial charge in [-0.15, -0.1) is 0 Å². The van der Waals surface area contributed by atoms with Gasteiger partial charge in [0.15, 0.2) is 0 Å². The van der Waals surface area contributed by atoms with Crippen LogP contribution < -0.4 is 0 Å². The van der Waals surface area contributed by atoms with Crippen LogP contribution in [-0.4, -0.2) is 35.0 Å². The fourth-order valence-electron chi connectivity index (χ4n) is 2.45. The summed E-state index contributed by atoms with van der Waals surface area (Å²) in [7, 11) is 0. The number of rotatable bonds is 2. The normalized spacial score (nSPS) is 27.4. The van der Waals surface area contributed by atoms with Gasteiger partial charge in [-0.3, -0.25) is 4.90 Å². The van der Waals surface area contributed by atoms with E-state index in [-0.39, 0.29) is 0 Å². The van der Waals surface area contributed by atoms with Crippen molar-refractivity contribution >= 4 is 11.8 Å². The zero-order valence-corrected chi connectivity index (χ0v) is 11.9. The second-order valence-electron chi connectivity index (χ2n) is 5.79. The van der Waals surface area contributed by atoms with Crippen LogP contribution in [0.3, 0.4) is 0 Å². The maximum atomic E-state index is 2.65. The zero-order valence-electron chi connectivity index (χ0n) is 11.0. The van der Waals surface area contributed by atoms with E-state index in [1.165, 1.54) is 32.4 Å². The molecule has 2 unspecified atom stereocenters. The molecular weight excluding hydrogens is 202 g/mol. The van der Waals surface area contributed by atoms with Crippen LogP contribution in [0, 0.1) is 5.92 Å². The lowest BCUT2D eigenvalue weighted by Gasteiger charge is -2.34. The highest BCUT2D eigenvalue weighted by molar-refractivity contribution is 7.99. The Hall–Kier alpha value is 0.310. The topological polar surface area (TPSA) is 3.24 Å². The van der Waals surface area contributed by atoms with Gasteiger partial charge < -0.3 is 0 Å². The summed E-state index contributed by atoms with van der Waals surface area (Å²) < 4.78 is 0. The minimum atomic E-state index is 0.359. The molecule has 1 nitrogen and oxygen atoms in total. The molecule has 1 heterocycles. The average Bonchev–Trinajstić information content (AvgIpc) is 2.40. The van der Waals surface area contributed by atoms with E-state index in [9.17, 15) is 0 Å². The first-order valence-corrected chi connectivity index (χ1v) is 7.52. The van der Waals surface area contributed by atoms with E-state index in [1.54, 1.807) is 0 Å². The van der Waals surface area contributed by atoms with Crippen LogP contribution in [0.2, 0.25) is 0 Å². The van der Waals surface area contributed by atoms with Gasteiger partial charge in [0.1, 0.15) is 0 Å². The fraction of sp³-hybridized carbons (Fsp3) is 1.00. The van der Waals surface area contributed by atoms with Gasteiger partial charge in [0, 0.05) is 10.8 Å². The molecule has 0 amide bonds. The molecule has 0 aromatic heterocycles. The molecule has 0 radical (unpaired) electrons. The van der Waals surface area contributed by atoms with Gasteiger partial charge in [0.2, 0.25) is 0 Å². The van der Waals surface area contributed by atoms with Gasteiger partial charge in [-0.25, -0.2) is 0 Å². The van der Waals surface area contributed by atoms with E-state index in [0.717, 1.165) is 11.2 Å². The first-order chi connectivity index (χ1) is 6.95. The maximum absolute atomic E-state index is 2.65. The van der Waals surface area contributed by atoms with Crippen molar-refractivity contribution in [2.45, 2.75) is 57.7 Å². The lowest BCUT2D eigenvalue weighted by Crippen LogP contribution is -2.42. The third-order valence-electron chi connectivity index (χ3n) is 3.76. The molecule has 2 heteroatoms. The van der Waals surface area contributed by atoms with E-state index < -0.39 is 0 Å². The van der Waals surface area contributed by atoms with E-state index in [0.29, 0.717) is 5.54 Å². The number of hydrogen-bond donors (Lipinski definition) is 0. The molecule has 1 aliphatic rings. The molecule has 0 spiro atoms. The van der Waals surface area contributed by atoms with Crippen LogP contribution in [-0.2, 0) is 0 Å². The van der Waals surface area contributed by atoms with Crippen molar-refractivity contribution in [3.05, 3.63) is 0 Å². The SMILES string of the molecule is CSC(C)C1CCCN(C(C)(C)C)CC1. The summed E-state index contributed by atoms with van der Waals surface area (Å²) in [6, 6.07) is 0. The molecule has 0 N–H and O–H groups in total. The largest absolute Gasteiger partial charge is 0.298 e.